The van der Waals surface area contributed by atoms with Crippen LogP contribution in [0.25, 0.3) is 0 Å². The van der Waals surface area contributed by atoms with Gasteiger partial charge in [-0.05, 0) is 25.0 Å². The number of rotatable bonds is 3. The van der Waals surface area contributed by atoms with E-state index >= 15 is 0 Å². The van der Waals surface area contributed by atoms with E-state index < -0.39 is 29.8 Å². The Hall–Kier alpha value is -2.65. The van der Waals surface area contributed by atoms with Gasteiger partial charge < -0.3 is 14.0 Å². The molecule has 2 aromatic rings. The molecule has 0 aliphatic carbocycles. The summed E-state index contributed by atoms with van der Waals surface area (Å²) >= 11 is 0. The fourth-order valence-electron chi connectivity index (χ4n) is 2.99. The third-order valence-electron chi connectivity index (χ3n) is 4.39. The molecule has 3 rings (SSSR count). The van der Waals surface area contributed by atoms with Crippen LogP contribution in [-0.2, 0) is 17.5 Å². The first-order valence-corrected chi connectivity index (χ1v) is 8.10. The molecule has 140 valence electrons. The van der Waals surface area contributed by atoms with Crippen molar-refractivity contribution in [2.45, 2.75) is 38.4 Å². The number of carbonyl (C=O) groups excluding carboxylic acids is 1. The summed E-state index contributed by atoms with van der Waals surface area (Å²) in [6.07, 6.45) is -2.31. The molecule has 1 aliphatic heterocycles. The standard InChI is InChI=1S/C16H17F3N4O3/c1-10-20-14(21-26-10)11-4-7-22(8-5-11)13(24)9-23-6-2-3-12(15(23)25)16(17,18)19/h2-3,6,11H,4-5,7-9H2,1H3. The number of pyridine rings is 1. The quantitative estimate of drug-likeness (QED) is 0.825. The predicted molar refractivity (Wildman–Crippen MR) is 83.3 cm³/mol. The molecular formula is C16H17F3N4O3. The molecule has 0 unspecified atom stereocenters. The number of carbonyl (C=O) groups is 1. The Morgan fingerprint density at radius 3 is 2.62 bits per heavy atom. The molecule has 0 N–H and O–H groups in total. The van der Waals surface area contributed by atoms with Crippen LogP contribution in [0.15, 0.2) is 27.6 Å². The minimum absolute atomic E-state index is 0.0766. The summed E-state index contributed by atoms with van der Waals surface area (Å²) in [5.41, 5.74) is -2.50. The van der Waals surface area contributed by atoms with Crippen molar-refractivity contribution in [2.24, 2.45) is 0 Å². The summed E-state index contributed by atoms with van der Waals surface area (Å²) in [7, 11) is 0. The number of nitrogens with zero attached hydrogens (tertiary/aromatic N) is 4. The lowest BCUT2D eigenvalue weighted by molar-refractivity contribution is -0.139. The Morgan fingerprint density at radius 2 is 2.04 bits per heavy atom. The van der Waals surface area contributed by atoms with Crippen molar-refractivity contribution in [2.75, 3.05) is 13.1 Å². The number of amides is 1. The normalized spacial score (nSPS) is 16.1. The van der Waals surface area contributed by atoms with Gasteiger partial charge in [0.15, 0.2) is 5.82 Å². The first-order valence-electron chi connectivity index (χ1n) is 8.10. The smallest absolute Gasteiger partial charge is 0.341 e. The molecule has 2 aromatic heterocycles. The molecule has 0 saturated carbocycles. The number of hydrogen-bond acceptors (Lipinski definition) is 5. The minimum atomic E-state index is -4.75. The van der Waals surface area contributed by atoms with Gasteiger partial charge in [-0.1, -0.05) is 5.16 Å². The minimum Gasteiger partial charge on any atom is -0.341 e. The van der Waals surface area contributed by atoms with E-state index in [0.717, 1.165) is 10.6 Å². The second-order valence-corrected chi connectivity index (χ2v) is 6.18. The van der Waals surface area contributed by atoms with E-state index in [1.807, 2.05) is 0 Å². The Bertz CT molecular complexity index is 851. The summed E-state index contributed by atoms with van der Waals surface area (Å²) in [5.74, 6) is 0.757. The van der Waals surface area contributed by atoms with Crippen molar-refractivity contribution in [3.63, 3.8) is 0 Å². The largest absolute Gasteiger partial charge is 0.421 e. The third-order valence-corrected chi connectivity index (χ3v) is 4.39. The van der Waals surface area contributed by atoms with Crippen LogP contribution in [0.2, 0.25) is 0 Å². The van der Waals surface area contributed by atoms with Gasteiger partial charge >= 0.3 is 6.18 Å². The maximum Gasteiger partial charge on any atom is 0.421 e. The van der Waals surface area contributed by atoms with Crippen LogP contribution in [0.1, 0.15) is 36.0 Å². The number of aryl methyl sites for hydroxylation is 1. The monoisotopic (exact) mass is 370 g/mol. The number of hydrogen-bond donors (Lipinski definition) is 0. The molecule has 0 bridgehead atoms. The maximum absolute atomic E-state index is 12.8. The van der Waals surface area contributed by atoms with Crippen molar-refractivity contribution in [3.05, 3.63) is 46.0 Å². The average molecular weight is 370 g/mol. The van der Waals surface area contributed by atoms with E-state index in [4.69, 9.17) is 4.52 Å². The SMILES string of the molecule is Cc1nc(C2CCN(C(=O)Cn3cccc(C(F)(F)F)c3=O)CC2)no1. The topological polar surface area (TPSA) is 81.2 Å². The highest BCUT2D eigenvalue weighted by Crippen LogP contribution is 2.27. The van der Waals surface area contributed by atoms with Gasteiger partial charge in [-0.15, -0.1) is 0 Å². The number of likely N-dealkylation sites (tertiary alicyclic amines) is 1. The van der Waals surface area contributed by atoms with Crippen molar-refractivity contribution in [3.8, 4) is 0 Å². The van der Waals surface area contributed by atoms with E-state index in [2.05, 4.69) is 10.1 Å². The van der Waals surface area contributed by atoms with Crippen molar-refractivity contribution in [1.82, 2.24) is 19.6 Å². The number of piperidine rings is 1. The summed E-state index contributed by atoms with van der Waals surface area (Å²) in [5, 5.41) is 3.88. The fourth-order valence-corrected chi connectivity index (χ4v) is 2.99. The van der Waals surface area contributed by atoms with E-state index in [1.165, 1.54) is 11.1 Å². The first kappa shape index (κ1) is 18.2. The molecule has 7 nitrogen and oxygen atoms in total. The lowest BCUT2D eigenvalue weighted by Gasteiger charge is -2.30. The predicted octanol–water partition coefficient (Wildman–Crippen LogP) is 1.96. The fraction of sp³-hybridized carbons (Fsp3) is 0.500. The molecule has 10 heteroatoms. The number of alkyl halides is 3. The van der Waals surface area contributed by atoms with Crippen molar-refractivity contribution in [1.29, 1.82) is 0 Å². The summed E-state index contributed by atoms with van der Waals surface area (Å²) < 4.78 is 44.1. The van der Waals surface area contributed by atoms with Crippen LogP contribution in [-0.4, -0.2) is 38.6 Å². The Kier molecular flexibility index (Phi) is 4.84. The van der Waals surface area contributed by atoms with Crippen LogP contribution in [0, 0.1) is 6.92 Å². The van der Waals surface area contributed by atoms with Gasteiger partial charge in [0.25, 0.3) is 5.56 Å². The Balaban J connectivity index is 1.64. The third kappa shape index (κ3) is 3.78. The summed E-state index contributed by atoms with van der Waals surface area (Å²) in [6, 6.07) is 1.82. The van der Waals surface area contributed by atoms with Gasteiger partial charge in [-0.2, -0.15) is 18.2 Å². The van der Waals surface area contributed by atoms with Gasteiger partial charge in [0.2, 0.25) is 11.8 Å². The van der Waals surface area contributed by atoms with Gasteiger partial charge in [0, 0.05) is 32.1 Å². The first-order chi connectivity index (χ1) is 12.3. The number of halogens is 3. The van der Waals surface area contributed by atoms with Crippen molar-refractivity contribution >= 4 is 5.91 Å². The highest BCUT2D eigenvalue weighted by atomic mass is 19.4. The second kappa shape index (κ2) is 6.93. The van der Waals surface area contributed by atoms with Crippen LogP contribution >= 0.6 is 0 Å². The van der Waals surface area contributed by atoms with Gasteiger partial charge in [0.05, 0.1) is 0 Å². The number of aromatic nitrogens is 3. The lowest BCUT2D eigenvalue weighted by atomic mass is 9.96. The zero-order valence-electron chi connectivity index (χ0n) is 14.0. The average Bonchev–Trinajstić information content (AvgIpc) is 3.02. The van der Waals surface area contributed by atoms with Crippen LogP contribution < -0.4 is 5.56 Å². The van der Waals surface area contributed by atoms with Gasteiger partial charge in [-0.3, -0.25) is 9.59 Å². The van der Waals surface area contributed by atoms with E-state index in [1.54, 1.807) is 6.92 Å². The molecule has 1 amide bonds. The van der Waals surface area contributed by atoms with Crippen molar-refractivity contribution < 1.29 is 22.5 Å². The zero-order chi connectivity index (χ0) is 18.9. The maximum atomic E-state index is 12.8. The molecule has 3 heterocycles. The second-order valence-electron chi connectivity index (χ2n) is 6.18. The van der Waals surface area contributed by atoms with Crippen LogP contribution in [0.4, 0.5) is 13.2 Å². The highest BCUT2D eigenvalue weighted by molar-refractivity contribution is 5.76. The van der Waals surface area contributed by atoms with Gasteiger partial charge in [0.1, 0.15) is 12.1 Å². The van der Waals surface area contributed by atoms with Crippen LogP contribution in [0.3, 0.4) is 0 Å². The summed E-state index contributed by atoms with van der Waals surface area (Å²) in [4.78, 5) is 30.0. The van der Waals surface area contributed by atoms with Gasteiger partial charge in [-0.25, -0.2) is 0 Å². The molecule has 1 fully saturated rings. The zero-order valence-corrected chi connectivity index (χ0v) is 14.0. The lowest BCUT2D eigenvalue weighted by Crippen LogP contribution is -2.41. The highest BCUT2D eigenvalue weighted by Gasteiger charge is 2.34. The van der Waals surface area contributed by atoms with E-state index in [0.29, 0.717) is 43.7 Å². The van der Waals surface area contributed by atoms with E-state index in [9.17, 15) is 22.8 Å². The summed E-state index contributed by atoms with van der Waals surface area (Å²) in [6.45, 7) is 2.12. The molecule has 26 heavy (non-hydrogen) atoms. The molecule has 0 spiro atoms. The molecule has 0 aromatic carbocycles. The Labute approximate surface area is 146 Å². The Morgan fingerprint density at radius 1 is 1.35 bits per heavy atom. The van der Waals surface area contributed by atoms with E-state index in [-0.39, 0.29) is 5.92 Å². The molecule has 1 aliphatic rings. The van der Waals surface area contributed by atoms with Crippen LogP contribution in [0.5, 0.6) is 0 Å². The molecule has 0 atom stereocenters. The molecular weight excluding hydrogens is 353 g/mol. The molecule has 0 radical (unpaired) electrons. The molecule has 1 saturated heterocycles.